The van der Waals surface area contributed by atoms with Crippen LogP contribution < -0.4 is 0 Å². The SMILES string of the molecule is COCCn1nc2ccccc2c1C(=O)O. The van der Waals surface area contributed by atoms with Gasteiger partial charge in [-0.15, -0.1) is 0 Å². The van der Waals surface area contributed by atoms with Crippen molar-refractivity contribution >= 4 is 16.9 Å². The molecular weight excluding hydrogens is 208 g/mol. The van der Waals surface area contributed by atoms with Crippen LogP contribution in [0, 0.1) is 0 Å². The molecule has 0 saturated carbocycles. The molecule has 1 aromatic carbocycles. The number of fused-ring (bicyclic) bond motifs is 1. The summed E-state index contributed by atoms with van der Waals surface area (Å²) < 4.78 is 6.39. The van der Waals surface area contributed by atoms with Crippen LogP contribution in [0.3, 0.4) is 0 Å². The van der Waals surface area contributed by atoms with Crippen molar-refractivity contribution in [3.63, 3.8) is 0 Å². The molecule has 0 aliphatic carbocycles. The van der Waals surface area contributed by atoms with Crippen molar-refractivity contribution in [1.29, 1.82) is 0 Å². The van der Waals surface area contributed by atoms with Crippen molar-refractivity contribution in [2.45, 2.75) is 6.54 Å². The number of benzene rings is 1. The number of carboxylic acid groups (broad SMARTS) is 1. The highest BCUT2D eigenvalue weighted by Gasteiger charge is 2.16. The molecule has 0 amide bonds. The van der Waals surface area contributed by atoms with Crippen molar-refractivity contribution in [3.05, 3.63) is 30.0 Å². The molecule has 0 atom stereocenters. The van der Waals surface area contributed by atoms with Crippen molar-refractivity contribution < 1.29 is 14.6 Å². The van der Waals surface area contributed by atoms with Crippen LogP contribution in [0.1, 0.15) is 10.5 Å². The monoisotopic (exact) mass is 220 g/mol. The number of carbonyl (C=O) groups is 1. The lowest BCUT2D eigenvalue weighted by Gasteiger charge is -2.02. The molecule has 84 valence electrons. The Bertz CT molecular complexity index is 519. The Hall–Kier alpha value is -1.88. The van der Waals surface area contributed by atoms with E-state index in [-0.39, 0.29) is 5.69 Å². The zero-order valence-corrected chi connectivity index (χ0v) is 8.88. The summed E-state index contributed by atoms with van der Waals surface area (Å²) in [4.78, 5) is 11.2. The first-order valence-electron chi connectivity index (χ1n) is 4.92. The highest BCUT2D eigenvalue weighted by molar-refractivity contribution is 6.01. The minimum absolute atomic E-state index is 0.215. The van der Waals surface area contributed by atoms with Crippen LogP contribution in [-0.4, -0.2) is 34.6 Å². The Morgan fingerprint density at radius 3 is 2.94 bits per heavy atom. The van der Waals surface area contributed by atoms with E-state index in [9.17, 15) is 4.79 Å². The molecule has 1 N–H and O–H groups in total. The van der Waals surface area contributed by atoms with E-state index in [4.69, 9.17) is 9.84 Å². The number of hydrogen-bond donors (Lipinski definition) is 1. The molecule has 0 bridgehead atoms. The quantitative estimate of drug-likeness (QED) is 0.845. The van der Waals surface area contributed by atoms with Gasteiger partial charge in [-0.25, -0.2) is 4.79 Å². The van der Waals surface area contributed by atoms with Crippen LogP contribution in [-0.2, 0) is 11.3 Å². The first-order chi connectivity index (χ1) is 7.74. The Labute approximate surface area is 92.2 Å². The Morgan fingerprint density at radius 1 is 1.50 bits per heavy atom. The molecule has 0 unspecified atom stereocenters. The van der Waals surface area contributed by atoms with Gasteiger partial charge in [-0.1, -0.05) is 18.2 Å². The summed E-state index contributed by atoms with van der Waals surface area (Å²) in [6.07, 6.45) is 0. The van der Waals surface area contributed by atoms with Gasteiger partial charge in [0.05, 0.1) is 18.7 Å². The van der Waals surface area contributed by atoms with Crippen LogP contribution in [0.5, 0.6) is 0 Å². The van der Waals surface area contributed by atoms with Gasteiger partial charge in [0.25, 0.3) is 0 Å². The molecule has 0 saturated heterocycles. The summed E-state index contributed by atoms with van der Waals surface area (Å²) in [5, 5.41) is 14.0. The summed E-state index contributed by atoms with van der Waals surface area (Å²) in [5.41, 5.74) is 0.906. The van der Waals surface area contributed by atoms with Crippen LogP contribution in [0.15, 0.2) is 24.3 Å². The number of rotatable bonds is 4. The summed E-state index contributed by atoms with van der Waals surface area (Å²) >= 11 is 0. The van der Waals surface area contributed by atoms with Crippen LogP contribution >= 0.6 is 0 Å². The number of aromatic carboxylic acids is 1. The molecule has 2 aromatic rings. The number of ether oxygens (including phenoxy) is 1. The predicted molar refractivity (Wildman–Crippen MR) is 58.6 cm³/mol. The maximum atomic E-state index is 11.2. The maximum absolute atomic E-state index is 11.2. The Morgan fingerprint density at radius 2 is 2.25 bits per heavy atom. The molecule has 16 heavy (non-hydrogen) atoms. The summed E-state index contributed by atoms with van der Waals surface area (Å²) in [7, 11) is 1.57. The van der Waals surface area contributed by atoms with Gasteiger partial charge < -0.3 is 9.84 Å². The third kappa shape index (κ3) is 1.77. The topological polar surface area (TPSA) is 64.4 Å². The van der Waals surface area contributed by atoms with Gasteiger partial charge in [0, 0.05) is 12.5 Å². The number of nitrogens with zero attached hydrogens (tertiary/aromatic N) is 2. The van der Waals surface area contributed by atoms with E-state index < -0.39 is 5.97 Å². The third-order valence-corrected chi connectivity index (χ3v) is 2.36. The third-order valence-electron chi connectivity index (χ3n) is 2.36. The van der Waals surface area contributed by atoms with Gasteiger partial charge in [-0.3, -0.25) is 4.68 Å². The number of carboxylic acids is 1. The molecule has 0 radical (unpaired) electrons. The molecule has 5 nitrogen and oxygen atoms in total. The lowest BCUT2D eigenvalue weighted by Crippen LogP contribution is -2.13. The van der Waals surface area contributed by atoms with Crippen LogP contribution in [0.4, 0.5) is 0 Å². The molecule has 0 fully saturated rings. The number of methoxy groups -OCH3 is 1. The summed E-state index contributed by atoms with van der Waals surface area (Å²) in [6, 6.07) is 7.19. The number of aromatic nitrogens is 2. The van der Waals surface area contributed by atoms with E-state index >= 15 is 0 Å². The second-order valence-corrected chi connectivity index (χ2v) is 3.39. The van der Waals surface area contributed by atoms with Gasteiger partial charge >= 0.3 is 5.97 Å². The molecule has 0 spiro atoms. The van der Waals surface area contributed by atoms with E-state index in [1.165, 1.54) is 4.68 Å². The smallest absolute Gasteiger partial charge is 0.354 e. The Balaban J connectivity index is 2.54. The van der Waals surface area contributed by atoms with E-state index in [0.29, 0.717) is 24.1 Å². The van der Waals surface area contributed by atoms with Gasteiger partial charge in [-0.2, -0.15) is 5.10 Å². The average Bonchev–Trinajstić information content (AvgIpc) is 2.64. The maximum Gasteiger partial charge on any atom is 0.354 e. The molecular formula is C11H12N2O3. The zero-order valence-electron chi connectivity index (χ0n) is 8.88. The van der Waals surface area contributed by atoms with Crippen LogP contribution in [0.25, 0.3) is 10.9 Å². The molecule has 1 aromatic heterocycles. The van der Waals surface area contributed by atoms with Gasteiger partial charge in [0.15, 0.2) is 5.69 Å². The van der Waals surface area contributed by atoms with E-state index in [1.54, 1.807) is 25.3 Å². The van der Waals surface area contributed by atoms with Gasteiger partial charge in [0.1, 0.15) is 0 Å². The second kappa shape index (κ2) is 4.32. The van der Waals surface area contributed by atoms with Crippen LogP contribution in [0.2, 0.25) is 0 Å². The van der Waals surface area contributed by atoms with Crippen molar-refractivity contribution in [2.75, 3.05) is 13.7 Å². The minimum atomic E-state index is -0.968. The van der Waals surface area contributed by atoms with Crippen molar-refractivity contribution in [1.82, 2.24) is 9.78 Å². The fourth-order valence-corrected chi connectivity index (χ4v) is 1.65. The van der Waals surface area contributed by atoms with E-state index in [0.717, 1.165) is 0 Å². The zero-order chi connectivity index (χ0) is 11.5. The predicted octanol–water partition coefficient (Wildman–Crippen LogP) is 1.38. The molecule has 0 aliphatic heterocycles. The largest absolute Gasteiger partial charge is 0.477 e. The van der Waals surface area contributed by atoms with E-state index in [1.807, 2.05) is 6.07 Å². The normalized spacial score (nSPS) is 10.8. The van der Waals surface area contributed by atoms with Crippen molar-refractivity contribution in [3.8, 4) is 0 Å². The molecule has 5 heteroatoms. The average molecular weight is 220 g/mol. The molecule has 0 aliphatic rings. The summed E-state index contributed by atoms with van der Waals surface area (Å²) in [6.45, 7) is 0.876. The fraction of sp³-hybridized carbons (Fsp3) is 0.273. The summed E-state index contributed by atoms with van der Waals surface area (Å²) in [5.74, 6) is -0.968. The first-order valence-corrected chi connectivity index (χ1v) is 4.92. The van der Waals surface area contributed by atoms with Gasteiger partial charge in [0.2, 0.25) is 0 Å². The second-order valence-electron chi connectivity index (χ2n) is 3.39. The van der Waals surface area contributed by atoms with Crippen molar-refractivity contribution in [2.24, 2.45) is 0 Å². The highest BCUT2D eigenvalue weighted by Crippen LogP contribution is 2.17. The number of hydrogen-bond acceptors (Lipinski definition) is 3. The first kappa shape index (κ1) is 10.6. The molecule has 2 rings (SSSR count). The fourth-order valence-electron chi connectivity index (χ4n) is 1.65. The standard InChI is InChI=1S/C11H12N2O3/c1-16-7-6-13-10(11(14)15)8-4-2-3-5-9(8)12-13/h2-5H,6-7H2,1H3,(H,14,15). The lowest BCUT2D eigenvalue weighted by atomic mass is 10.2. The minimum Gasteiger partial charge on any atom is -0.477 e. The van der Waals surface area contributed by atoms with Gasteiger partial charge in [-0.05, 0) is 6.07 Å². The lowest BCUT2D eigenvalue weighted by molar-refractivity contribution is 0.0682. The Kier molecular flexibility index (Phi) is 2.87. The van der Waals surface area contributed by atoms with E-state index in [2.05, 4.69) is 5.10 Å². The highest BCUT2D eigenvalue weighted by atomic mass is 16.5. The molecule has 1 heterocycles.